The number of hydrogen-bond donors (Lipinski definition) is 1. The van der Waals surface area contributed by atoms with E-state index in [0.29, 0.717) is 11.3 Å². The molecule has 2 saturated carbocycles. The molecule has 0 saturated heterocycles. The molecule has 2 fully saturated rings. The molecule has 92 valence electrons. The number of allylic oxidation sites excluding steroid dienone is 2. The van der Waals surface area contributed by atoms with Crippen LogP contribution in [0.3, 0.4) is 0 Å². The topological polar surface area (TPSA) is 20.2 Å². The first-order valence-corrected chi connectivity index (χ1v) is 6.74. The molecule has 2 unspecified atom stereocenters. The molecule has 2 aliphatic rings. The molecule has 0 aliphatic heterocycles. The Bertz CT molecular complexity index is 299. The van der Waals surface area contributed by atoms with E-state index in [1.807, 2.05) is 6.92 Å². The third-order valence-electron chi connectivity index (χ3n) is 5.10. The Morgan fingerprint density at radius 1 is 1.44 bits per heavy atom. The summed E-state index contributed by atoms with van der Waals surface area (Å²) in [4.78, 5) is 0. The minimum atomic E-state index is -0.356. The van der Waals surface area contributed by atoms with Crippen LogP contribution in [0, 0.1) is 17.3 Å². The largest absolute Gasteiger partial charge is 0.390 e. The summed E-state index contributed by atoms with van der Waals surface area (Å²) in [6.07, 6.45) is 8.39. The van der Waals surface area contributed by atoms with Crippen LogP contribution in [0.1, 0.15) is 59.8 Å². The highest BCUT2D eigenvalue weighted by Crippen LogP contribution is 2.71. The molecule has 1 N–H and O–H groups in total. The third kappa shape index (κ3) is 1.95. The van der Waals surface area contributed by atoms with E-state index in [1.165, 1.54) is 31.3 Å². The number of rotatable bonds is 4. The molecule has 2 aliphatic carbocycles. The molecule has 0 heterocycles. The van der Waals surface area contributed by atoms with Gasteiger partial charge in [0.25, 0.3) is 0 Å². The van der Waals surface area contributed by atoms with E-state index in [-0.39, 0.29) is 5.60 Å². The van der Waals surface area contributed by atoms with Crippen molar-refractivity contribution in [1.29, 1.82) is 0 Å². The Balaban J connectivity index is 1.88. The average Bonchev–Trinajstić information content (AvgIpc) is 2.85. The van der Waals surface area contributed by atoms with Gasteiger partial charge in [-0.05, 0) is 70.1 Å². The van der Waals surface area contributed by atoms with Crippen molar-refractivity contribution in [3.8, 4) is 0 Å². The fraction of sp³-hybridized carbons (Fsp3) is 0.867. The quantitative estimate of drug-likeness (QED) is 0.715. The maximum atomic E-state index is 10.2. The SMILES string of the molecule is CC(C)=CCCC(C)[C@@]12CC[C@@](C)(O)C1C2. The van der Waals surface area contributed by atoms with Crippen LogP contribution in [0.2, 0.25) is 0 Å². The lowest BCUT2D eigenvalue weighted by molar-refractivity contribution is 0.0423. The van der Waals surface area contributed by atoms with E-state index < -0.39 is 0 Å². The molecule has 0 spiro atoms. The molecular formula is C15H26O. The van der Waals surface area contributed by atoms with Crippen molar-refractivity contribution in [3.63, 3.8) is 0 Å². The van der Waals surface area contributed by atoms with Crippen LogP contribution in [0.5, 0.6) is 0 Å². The van der Waals surface area contributed by atoms with Gasteiger partial charge in [0.2, 0.25) is 0 Å². The molecule has 1 heteroatoms. The Kier molecular flexibility index (Phi) is 2.94. The van der Waals surface area contributed by atoms with Crippen molar-refractivity contribution in [2.75, 3.05) is 0 Å². The lowest BCUT2D eigenvalue weighted by Crippen LogP contribution is -2.23. The molecule has 0 radical (unpaired) electrons. The molecular weight excluding hydrogens is 196 g/mol. The summed E-state index contributed by atoms with van der Waals surface area (Å²) in [5.74, 6) is 1.38. The Hall–Kier alpha value is -0.300. The second kappa shape index (κ2) is 3.87. The van der Waals surface area contributed by atoms with E-state index in [1.54, 1.807) is 0 Å². The summed E-state index contributed by atoms with van der Waals surface area (Å²) in [6.45, 7) is 8.77. The van der Waals surface area contributed by atoms with E-state index in [9.17, 15) is 5.11 Å². The first-order valence-electron chi connectivity index (χ1n) is 6.74. The van der Waals surface area contributed by atoms with Crippen molar-refractivity contribution >= 4 is 0 Å². The highest BCUT2D eigenvalue weighted by molar-refractivity contribution is 5.17. The lowest BCUT2D eigenvalue weighted by atomic mass is 9.84. The summed E-state index contributed by atoms with van der Waals surface area (Å²) in [5.41, 5.74) is 1.58. The van der Waals surface area contributed by atoms with Crippen LogP contribution < -0.4 is 0 Å². The van der Waals surface area contributed by atoms with Gasteiger partial charge in [-0.2, -0.15) is 0 Å². The van der Waals surface area contributed by atoms with Gasteiger partial charge in [0, 0.05) is 0 Å². The second-order valence-electron chi connectivity index (χ2n) is 6.61. The minimum Gasteiger partial charge on any atom is -0.390 e. The van der Waals surface area contributed by atoms with Gasteiger partial charge in [-0.1, -0.05) is 18.6 Å². The van der Waals surface area contributed by atoms with Gasteiger partial charge in [-0.15, -0.1) is 0 Å². The number of hydrogen-bond acceptors (Lipinski definition) is 1. The Morgan fingerprint density at radius 3 is 2.56 bits per heavy atom. The highest BCUT2D eigenvalue weighted by atomic mass is 16.3. The molecule has 0 amide bonds. The molecule has 1 nitrogen and oxygen atoms in total. The summed E-state index contributed by atoms with van der Waals surface area (Å²) in [7, 11) is 0. The van der Waals surface area contributed by atoms with Crippen molar-refractivity contribution in [3.05, 3.63) is 11.6 Å². The summed E-state index contributed by atoms with van der Waals surface area (Å²) in [6, 6.07) is 0. The van der Waals surface area contributed by atoms with E-state index in [2.05, 4.69) is 26.8 Å². The van der Waals surface area contributed by atoms with E-state index >= 15 is 0 Å². The Labute approximate surface area is 99.9 Å². The zero-order valence-electron chi connectivity index (χ0n) is 11.2. The van der Waals surface area contributed by atoms with Crippen LogP contribution >= 0.6 is 0 Å². The fourth-order valence-electron chi connectivity index (χ4n) is 3.80. The van der Waals surface area contributed by atoms with Crippen molar-refractivity contribution < 1.29 is 5.11 Å². The maximum absolute atomic E-state index is 10.2. The average molecular weight is 222 g/mol. The minimum absolute atomic E-state index is 0.356. The predicted octanol–water partition coefficient (Wildman–Crippen LogP) is 3.92. The molecule has 0 aromatic carbocycles. The standard InChI is InChI=1S/C15H26O/c1-11(2)6-5-7-12(3)15-9-8-14(4,16)13(15)10-15/h6,12-13,16H,5,7-10H2,1-4H3/t12?,13?,14-,15+/m1/s1. The lowest BCUT2D eigenvalue weighted by Gasteiger charge is -2.21. The first-order chi connectivity index (χ1) is 7.38. The molecule has 2 rings (SSSR count). The van der Waals surface area contributed by atoms with Crippen LogP contribution in [-0.4, -0.2) is 10.7 Å². The monoisotopic (exact) mass is 222 g/mol. The van der Waals surface area contributed by atoms with E-state index in [0.717, 1.165) is 12.3 Å². The summed E-state index contributed by atoms with van der Waals surface area (Å²) < 4.78 is 0. The smallest absolute Gasteiger partial charge is 0.0653 e. The van der Waals surface area contributed by atoms with Gasteiger partial charge < -0.3 is 5.11 Å². The first kappa shape index (κ1) is 12.2. The zero-order valence-corrected chi connectivity index (χ0v) is 11.2. The van der Waals surface area contributed by atoms with Gasteiger partial charge in [0.1, 0.15) is 0 Å². The van der Waals surface area contributed by atoms with Gasteiger partial charge in [-0.3, -0.25) is 0 Å². The summed E-state index contributed by atoms with van der Waals surface area (Å²) >= 11 is 0. The van der Waals surface area contributed by atoms with Crippen LogP contribution in [0.25, 0.3) is 0 Å². The third-order valence-corrected chi connectivity index (χ3v) is 5.10. The fourth-order valence-corrected chi connectivity index (χ4v) is 3.80. The molecule has 4 atom stereocenters. The molecule has 0 aromatic heterocycles. The van der Waals surface area contributed by atoms with Crippen molar-refractivity contribution in [2.24, 2.45) is 17.3 Å². The van der Waals surface area contributed by atoms with Gasteiger partial charge in [-0.25, -0.2) is 0 Å². The van der Waals surface area contributed by atoms with Gasteiger partial charge >= 0.3 is 0 Å². The van der Waals surface area contributed by atoms with Gasteiger partial charge in [0.05, 0.1) is 5.60 Å². The molecule has 16 heavy (non-hydrogen) atoms. The normalized spacial score (nSPS) is 42.7. The predicted molar refractivity (Wildman–Crippen MR) is 68.2 cm³/mol. The maximum Gasteiger partial charge on any atom is 0.0653 e. The second-order valence-corrected chi connectivity index (χ2v) is 6.61. The molecule has 0 aromatic rings. The highest BCUT2D eigenvalue weighted by Gasteiger charge is 2.67. The van der Waals surface area contributed by atoms with Crippen molar-refractivity contribution in [2.45, 2.75) is 65.4 Å². The van der Waals surface area contributed by atoms with Crippen LogP contribution in [-0.2, 0) is 0 Å². The number of fused-ring (bicyclic) bond motifs is 1. The summed E-state index contributed by atoms with van der Waals surface area (Å²) in [5, 5.41) is 10.2. The molecule has 0 bridgehead atoms. The number of aliphatic hydroxyl groups is 1. The van der Waals surface area contributed by atoms with Gasteiger partial charge in [0.15, 0.2) is 0 Å². The van der Waals surface area contributed by atoms with Crippen molar-refractivity contribution in [1.82, 2.24) is 0 Å². The van der Waals surface area contributed by atoms with Crippen LogP contribution in [0.4, 0.5) is 0 Å². The Morgan fingerprint density at radius 2 is 2.12 bits per heavy atom. The van der Waals surface area contributed by atoms with Crippen LogP contribution in [0.15, 0.2) is 11.6 Å². The van der Waals surface area contributed by atoms with E-state index in [4.69, 9.17) is 0 Å². The zero-order chi connectivity index (χ0) is 12.0.